The number of nitrogens with zero attached hydrogens (tertiary/aromatic N) is 3. The van der Waals surface area contributed by atoms with Crippen LogP contribution in [0.3, 0.4) is 0 Å². The van der Waals surface area contributed by atoms with Gasteiger partial charge in [-0.1, -0.05) is 25.9 Å². The molecule has 0 aliphatic rings. The molecule has 0 fully saturated rings. The molecular weight excluding hydrogens is 324 g/mol. The molecule has 2 N–H and O–H groups in total. The van der Waals surface area contributed by atoms with Crippen LogP contribution >= 0.6 is 0 Å². The number of hydrogen-bond donors (Lipinski definition) is 2. The molecule has 0 aliphatic carbocycles. The van der Waals surface area contributed by atoms with Gasteiger partial charge < -0.3 is 14.9 Å². The van der Waals surface area contributed by atoms with Crippen molar-refractivity contribution in [2.24, 2.45) is 5.41 Å². The van der Waals surface area contributed by atoms with E-state index in [0.29, 0.717) is 25.1 Å². The van der Waals surface area contributed by atoms with E-state index in [4.69, 9.17) is 4.52 Å². The lowest BCUT2D eigenvalue weighted by Gasteiger charge is -2.21. The van der Waals surface area contributed by atoms with Crippen molar-refractivity contribution in [2.45, 2.75) is 53.1 Å². The first-order valence-electron chi connectivity index (χ1n) is 8.12. The van der Waals surface area contributed by atoms with Gasteiger partial charge in [0.1, 0.15) is 12.6 Å². The van der Waals surface area contributed by atoms with E-state index in [-0.39, 0.29) is 11.1 Å². The summed E-state index contributed by atoms with van der Waals surface area (Å²) in [5.74, 6) is -1.16. The fraction of sp³-hybridized carbons (Fsp3) is 0.529. The fourth-order valence-corrected chi connectivity index (χ4v) is 2.27. The number of carboxylic acid groups (broad SMARTS) is 1. The molecule has 0 saturated heterocycles. The molecule has 2 rings (SSSR count). The van der Waals surface area contributed by atoms with Crippen molar-refractivity contribution in [3.05, 3.63) is 35.5 Å². The van der Waals surface area contributed by atoms with Crippen LogP contribution in [0, 0.1) is 12.3 Å². The molecule has 0 radical (unpaired) electrons. The van der Waals surface area contributed by atoms with E-state index in [1.807, 2.05) is 33.9 Å². The molecule has 2 aromatic heterocycles. The van der Waals surface area contributed by atoms with Gasteiger partial charge in [-0.25, -0.2) is 4.79 Å². The SMILES string of the molecule is Cc1cnn(Cc2cc(C(=O)NC(CCC(C)(C)C)C(=O)O)no2)c1. The standard InChI is InChI=1S/C17H24N4O4/c1-11-8-18-21(9-11)10-12-7-14(20-25-12)15(22)19-13(16(23)24)5-6-17(2,3)4/h7-9,13H,5-6,10H2,1-4H3,(H,19,22)(H,23,24). The summed E-state index contributed by atoms with van der Waals surface area (Å²) in [5, 5.41) is 19.7. The van der Waals surface area contributed by atoms with Gasteiger partial charge >= 0.3 is 5.97 Å². The Morgan fingerprint density at radius 3 is 2.68 bits per heavy atom. The molecule has 0 spiro atoms. The van der Waals surface area contributed by atoms with Crippen molar-refractivity contribution >= 4 is 11.9 Å². The van der Waals surface area contributed by atoms with E-state index in [2.05, 4.69) is 15.6 Å². The number of aryl methyl sites for hydroxylation is 1. The highest BCUT2D eigenvalue weighted by Crippen LogP contribution is 2.21. The minimum absolute atomic E-state index is 0.0125. The Hall–Kier alpha value is -2.64. The monoisotopic (exact) mass is 348 g/mol. The normalized spacial score (nSPS) is 12.8. The molecule has 8 nitrogen and oxygen atoms in total. The summed E-state index contributed by atoms with van der Waals surface area (Å²) < 4.78 is 6.80. The molecular formula is C17H24N4O4. The summed E-state index contributed by atoms with van der Waals surface area (Å²) in [4.78, 5) is 23.6. The highest BCUT2D eigenvalue weighted by atomic mass is 16.5. The van der Waals surface area contributed by atoms with E-state index in [1.54, 1.807) is 10.9 Å². The zero-order valence-electron chi connectivity index (χ0n) is 14.9. The van der Waals surface area contributed by atoms with Crippen LogP contribution in [0.25, 0.3) is 0 Å². The molecule has 0 bridgehead atoms. The fourth-order valence-electron chi connectivity index (χ4n) is 2.27. The second-order valence-corrected chi connectivity index (χ2v) is 7.36. The van der Waals surface area contributed by atoms with Gasteiger partial charge in [-0.3, -0.25) is 9.48 Å². The number of nitrogens with one attached hydrogen (secondary N) is 1. The van der Waals surface area contributed by atoms with Crippen molar-refractivity contribution in [1.82, 2.24) is 20.3 Å². The maximum atomic E-state index is 12.2. The summed E-state index contributed by atoms with van der Waals surface area (Å²) in [7, 11) is 0. The molecule has 2 heterocycles. The zero-order chi connectivity index (χ0) is 18.6. The molecule has 1 atom stereocenters. The number of aliphatic carboxylic acids is 1. The third kappa shape index (κ3) is 5.74. The summed E-state index contributed by atoms with van der Waals surface area (Å²) in [6.07, 6.45) is 4.58. The van der Waals surface area contributed by atoms with Crippen molar-refractivity contribution in [2.75, 3.05) is 0 Å². The van der Waals surface area contributed by atoms with Gasteiger partial charge in [-0.2, -0.15) is 5.10 Å². The van der Waals surface area contributed by atoms with Crippen LogP contribution in [-0.2, 0) is 11.3 Å². The van der Waals surface area contributed by atoms with Crippen LogP contribution in [0.15, 0.2) is 23.0 Å². The maximum absolute atomic E-state index is 12.2. The van der Waals surface area contributed by atoms with Crippen LogP contribution in [0.1, 0.15) is 55.4 Å². The minimum atomic E-state index is -1.06. The van der Waals surface area contributed by atoms with E-state index in [9.17, 15) is 14.7 Å². The molecule has 0 aromatic carbocycles. The Kier molecular flexibility index (Phi) is 5.61. The van der Waals surface area contributed by atoms with E-state index in [0.717, 1.165) is 5.56 Å². The molecule has 2 aromatic rings. The van der Waals surface area contributed by atoms with Gasteiger partial charge in [0.2, 0.25) is 0 Å². The number of aromatic nitrogens is 3. The number of carbonyl (C=O) groups excluding carboxylic acids is 1. The highest BCUT2D eigenvalue weighted by Gasteiger charge is 2.24. The highest BCUT2D eigenvalue weighted by molar-refractivity contribution is 5.94. The summed E-state index contributed by atoms with van der Waals surface area (Å²) in [6.45, 7) is 8.34. The Morgan fingerprint density at radius 2 is 2.12 bits per heavy atom. The van der Waals surface area contributed by atoms with Crippen molar-refractivity contribution < 1.29 is 19.2 Å². The average molecular weight is 348 g/mol. The molecule has 25 heavy (non-hydrogen) atoms. The summed E-state index contributed by atoms with van der Waals surface area (Å²) in [5.41, 5.74) is 1.06. The van der Waals surface area contributed by atoms with Gasteiger partial charge in [0.05, 0.1) is 6.20 Å². The van der Waals surface area contributed by atoms with Gasteiger partial charge in [-0.15, -0.1) is 0 Å². The lowest BCUT2D eigenvalue weighted by molar-refractivity contribution is -0.139. The predicted molar refractivity (Wildman–Crippen MR) is 90.1 cm³/mol. The second-order valence-electron chi connectivity index (χ2n) is 7.36. The Bertz CT molecular complexity index is 742. The first kappa shape index (κ1) is 18.7. The summed E-state index contributed by atoms with van der Waals surface area (Å²) in [6, 6.07) is 0.537. The smallest absolute Gasteiger partial charge is 0.326 e. The number of hydrogen-bond acceptors (Lipinski definition) is 5. The lowest BCUT2D eigenvalue weighted by Crippen LogP contribution is -2.41. The molecule has 1 amide bonds. The Labute approximate surface area is 146 Å². The first-order valence-corrected chi connectivity index (χ1v) is 8.12. The molecule has 0 aliphatic heterocycles. The number of amides is 1. The topological polar surface area (TPSA) is 110 Å². The van der Waals surface area contributed by atoms with Crippen molar-refractivity contribution in [3.8, 4) is 0 Å². The van der Waals surface area contributed by atoms with Crippen LogP contribution in [0.5, 0.6) is 0 Å². The van der Waals surface area contributed by atoms with E-state index >= 15 is 0 Å². The Morgan fingerprint density at radius 1 is 1.40 bits per heavy atom. The molecule has 1 unspecified atom stereocenters. The van der Waals surface area contributed by atoms with Gasteiger partial charge in [0.25, 0.3) is 5.91 Å². The summed E-state index contributed by atoms with van der Waals surface area (Å²) >= 11 is 0. The Balaban J connectivity index is 1.98. The van der Waals surface area contributed by atoms with Crippen molar-refractivity contribution in [1.29, 1.82) is 0 Å². The quantitative estimate of drug-likeness (QED) is 0.794. The largest absolute Gasteiger partial charge is 0.480 e. The van der Waals surface area contributed by atoms with Gasteiger partial charge in [0.15, 0.2) is 11.5 Å². The third-order valence-corrected chi connectivity index (χ3v) is 3.66. The van der Waals surface area contributed by atoms with Gasteiger partial charge in [-0.05, 0) is 30.7 Å². The lowest BCUT2D eigenvalue weighted by atomic mass is 9.88. The van der Waals surface area contributed by atoms with Crippen LogP contribution in [-0.4, -0.2) is 38.0 Å². The zero-order valence-corrected chi connectivity index (χ0v) is 14.9. The third-order valence-electron chi connectivity index (χ3n) is 3.66. The second kappa shape index (κ2) is 7.50. The van der Waals surface area contributed by atoms with E-state index in [1.165, 1.54) is 6.07 Å². The molecule has 136 valence electrons. The minimum Gasteiger partial charge on any atom is -0.480 e. The van der Waals surface area contributed by atoms with Crippen molar-refractivity contribution in [3.63, 3.8) is 0 Å². The first-order chi connectivity index (χ1) is 11.6. The number of carbonyl (C=O) groups is 2. The van der Waals surface area contributed by atoms with Crippen LogP contribution in [0.4, 0.5) is 0 Å². The number of rotatable bonds is 7. The van der Waals surface area contributed by atoms with E-state index < -0.39 is 17.9 Å². The average Bonchev–Trinajstić information content (AvgIpc) is 3.11. The van der Waals surface area contributed by atoms with Crippen LogP contribution < -0.4 is 5.32 Å². The van der Waals surface area contributed by atoms with Gasteiger partial charge in [0, 0.05) is 12.3 Å². The predicted octanol–water partition coefficient (Wildman–Crippen LogP) is 2.24. The molecule has 0 saturated carbocycles. The molecule has 8 heteroatoms. The van der Waals surface area contributed by atoms with Crippen LogP contribution in [0.2, 0.25) is 0 Å². The number of carboxylic acids is 1. The maximum Gasteiger partial charge on any atom is 0.326 e.